The smallest absolute Gasteiger partial charge is 0.183 e. The Hall–Kier alpha value is -4.86. The molecule has 0 amide bonds. The van der Waals surface area contributed by atoms with Crippen LogP contribution in [0.4, 0.5) is 4.39 Å². The van der Waals surface area contributed by atoms with Crippen LogP contribution in [0.25, 0.3) is 6.08 Å². The van der Waals surface area contributed by atoms with Crippen LogP contribution in [-0.4, -0.2) is 60.2 Å². The maximum absolute atomic E-state index is 16.0. The van der Waals surface area contributed by atoms with Crippen LogP contribution >= 0.6 is 0 Å². The van der Waals surface area contributed by atoms with E-state index in [2.05, 4.69) is 0 Å². The van der Waals surface area contributed by atoms with Crippen molar-refractivity contribution in [2.45, 2.75) is 58.5 Å². The van der Waals surface area contributed by atoms with Crippen LogP contribution in [0.3, 0.4) is 0 Å². The molecule has 0 aromatic heterocycles. The van der Waals surface area contributed by atoms with Crippen molar-refractivity contribution in [1.82, 2.24) is 4.90 Å². The highest BCUT2D eigenvalue weighted by atomic mass is 19.1. The molecule has 1 saturated carbocycles. The Labute approximate surface area is 303 Å². The molecule has 1 heterocycles. The first-order valence-corrected chi connectivity index (χ1v) is 18.0. The van der Waals surface area contributed by atoms with Crippen LogP contribution in [0.15, 0.2) is 96.0 Å². The highest BCUT2D eigenvalue weighted by Crippen LogP contribution is 2.57. The molecular formula is C43H44FNO7. The summed E-state index contributed by atoms with van der Waals surface area (Å²) in [7, 11) is 3.79. The van der Waals surface area contributed by atoms with E-state index in [1.165, 1.54) is 18.2 Å². The summed E-state index contributed by atoms with van der Waals surface area (Å²) in [6.45, 7) is 3.69. The van der Waals surface area contributed by atoms with Gasteiger partial charge >= 0.3 is 0 Å². The second-order valence-electron chi connectivity index (χ2n) is 14.6. The monoisotopic (exact) mass is 705 g/mol. The molecule has 0 radical (unpaired) electrons. The van der Waals surface area contributed by atoms with Crippen molar-refractivity contribution in [2.75, 3.05) is 20.7 Å². The Balaban J connectivity index is 1.30. The molecule has 4 aliphatic rings. The zero-order valence-electron chi connectivity index (χ0n) is 29.9. The molecule has 3 aromatic carbocycles. The summed E-state index contributed by atoms with van der Waals surface area (Å²) < 4.78 is 35.2. The van der Waals surface area contributed by atoms with Crippen LogP contribution in [-0.2, 0) is 38.7 Å². The maximum atomic E-state index is 16.0. The minimum Gasteiger partial charge on any atom is -0.488 e. The number of aliphatic hydroxyl groups is 1. The van der Waals surface area contributed by atoms with Crippen molar-refractivity contribution < 1.29 is 38.1 Å². The van der Waals surface area contributed by atoms with Crippen LogP contribution in [0.2, 0.25) is 0 Å². The second-order valence-corrected chi connectivity index (χ2v) is 14.6. The average Bonchev–Trinajstić information content (AvgIpc) is 3.14. The fraction of sp³-hybridized carbons (Fsp3) is 0.372. The lowest BCUT2D eigenvalue weighted by molar-refractivity contribution is -0.154. The molecule has 1 fully saturated rings. The Morgan fingerprint density at radius 3 is 2.27 bits per heavy atom. The van der Waals surface area contributed by atoms with Gasteiger partial charge in [0, 0.05) is 17.0 Å². The molecule has 8 nitrogen and oxygen atoms in total. The molecule has 1 aliphatic heterocycles. The number of rotatable bonds is 10. The summed E-state index contributed by atoms with van der Waals surface area (Å²) in [6.07, 6.45) is 5.54. The minimum atomic E-state index is -1.59. The SMILES string of the molecule is CCC1C=C(OCc2ccccc2)C2=C(O1)C(N(C)C)C1CC3Cc4c(F)cc(C=CCO)c(OCc5ccccc5)c4C(=O)C3C(=O)C1(C)C2=O. The number of nitrogens with zero attached hydrogens (tertiary/aromatic N) is 1. The summed E-state index contributed by atoms with van der Waals surface area (Å²) >= 11 is 0. The van der Waals surface area contributed by atoms with Gasteiger partial charge in [0.1, 0.15) is 42.4 Å². The second kappa shape index (κ2) is 14.3. The third kappa shape index (κ3) is 5.99. The third-order valence-electron chi connectivity index (χ3n) is 11.2. The van der Waals surface area contributed by atoms with Gasteiger partial charge in [-0.15, -0.1) is 0 Å². The number of allylic oxidation sites excluding steroid dienone is 1. The van der Waals surface area contributed by atoms with E-state index in [-0.39, 0.29) is 60.4 Å². The van der Waals surface area contributed by atoms with Crippen molar-refractivity contribution in [2.24, 2.45) is 23.2 Å². The first kappa shape index (κ1) is 35.5. The zero-order chi connectivity index (χ0) is 36.7. The Bertz CT molecular complexity index is 1980. The molecule has 7 rings (SSSR count). The Kier molecular flexibility index (Phi) is 9.76. The maximum Gasteiger partial charge on any atom is 0.183 e. The number of ketones is 3. The van der Waals surface area contributed by atoms with Crippen molar-refractivity contribution >= 4 is 23.4 Å². The number of fused-ring (bicyclic) bond motifs is 3. The number of ether oxygens (including phenoxy) is 3. The number of benzene rings is 3. The van der Waals surface area contributed by atoms with Crippen LogP contribution < -0.4 is 4.74 Å². The predicted molar refractivity (Wildman–Crippen MR) is 194 cm³/mol. The van der Waals surface area contributed by atoms with E-state index in [0.29, 0.717) is 24.4 Å². The van der Waals surface area contributed by atoms with E-state index in [4.69, 9.17) is 14.2 Å². The predicted octanol–water partition coefficient (Wildman–Crippen LogP) is 6.65. The lowest BCUT2D eigenvalue weighted by Gasteiger charge is -2.54. The standard InChI is InChI=1S/C43H44FNO7/c1-5-29-22-33(50-23-25-13-8-6-9-14-25)36-40(52-29)37(45(3)4)31-20-28-19-30-32(44)21-27(17-12-18-46)39(51-24-26-15-10-7-11-16-26)35(30)38(47)34(28)41(48)43(31,2)42(36)49/h6-17,21-22,28-29,31,34,37,46H,5,18-20,23-24H2,1-4H3. The van der Waals surface area contributed by atoms with Gasteiger partial charge in [-0.1, -0.05) is 79.7 Å². The molecule has 6 atom stereocenters. The molecule has 9 heteroatoms. The van der Waals surface area contributed by atoms with Crippen LogP contribution in [0.1, 0.15) is 59.3 Å². The van der Waals surface area contributed by atoms with Gasteiger partial charge in [0.2, 0.25) is 0 Å². The van der Waals surface area contributed by atoms with Crippen molar-refractivity contribution in [1.29, 1.82) is 0 Å². The van der Waals surface area contributed by atoms with Crippen LogP contribution in [0, 0.1) is 29.0 Å². The topological polar surface area (TPSA) is 102 Å². The molecule has 52 heavy (non-hydrogen) atoms. The zero-order valence-corrected chi connectivity index (χ0v) is 29.9. The first-order valence-electron chi connectivity index (χ1n) is 18.0. The summed E-state index contributed by atoms with van der Waals surface area (Å²) in [5, 5.41) is 9.53. The highest BCUT2D eigenvalue weighted by Gasteiger charge is 2.65. The molecule has 0 bridgehead atoms. The summed E-state index contributed by atoms with van der Waals surface area (Å²) in [4.78, 5) is 46.8. The van der Waals surface area contributed by atoms with E-state index in [0.717, 1.165) is 11.1 Å². The van der Waals surface area contributed by atoms with E-state index in [1.54, 1.807) is 6.92 Å². The minimum absolute atomic E-state index is 0.0241. The number of hydrogen-bond acceptors (Lipinski definition) is 8. The van der Waals surface area contributed by atoms with E-state index in [1.807, 2.05) is 92.7 Å². The van der Waals surface area contributed by atoms with Gasteiger partial charge < -0.3 is 19.3 Å². The van der Waals surface area contributed by atoms with Crippen molar-refractivity contribution in [3.05, 3.63) is 130 Å². The fourth-order valence-electron chi connectivity index (χ4n) is 8.60. The van der Waals surface area contributed by atoms with Crippen LogP contribution in [0.5, 0.6) is 5.75 Å². The average molecular weight is 706 g/mol. The van der Waals surface area contributed by atoms with Gasteiger partial charge in [0.25, 0.3) is 0 Å². The first-order chi connectivity index (χ1) is 25.1. The molecular weight excluding hydrogens is 661 g/mol. The molecule has 270 valence electrons. The molecule has 6 unspecified atom stereocenters. The molecule has 0 spiro atoms. The van der Waals surface area contributed by atoms with Gasteiger partial charge in [-0.25, -0.2) is 4.39 Å². The highest BCUT2D eigenvalue weighted by molar-refractivity contribution is 6.25. The van der Waals surface area contributed by atoms with Gasteiger partial charge in [-0.05, 0) is 69.5 Å². The summed E-state index contributed by atoms with van der Waals surface area (Å²) in [5.74, 6) is -3.25. The Morgan fingerprint density at radius 1 is 1.00 bits per heavy atom. The number of carbonyl (C=O) groups excluding carboxylic acids is 3. The van der Waals surface area contributed by atoms with E-state index >= 15 is 9.18 Å². The quantitative estimate of drug-likeness (QED) is 0.234. The van der Waals surface area contributed by atoms with E-state index < -0.39 is 52.4 Å². The van der Waals surface area contributed by atoms with E-state index in [9.17, 15) is 14.7 Å². The largest absolute Gasteiger partial charge is 0.488 e. The summed E-state index contributed by atoms with van der Waals surface area (Å²) in [5.41, 5.74) is 0.932. The lowest BCUT2D eigenvalue weighted by atomic mass is 9.49. The molecule has 3 aromatic rings. The van der Waals surface area contributed by atoms with Gasteiger partial charge in [0.15, 0.2) is 17.3 Å². The number of aliphatic hydroxyl groups excluding tert-OH is 1. The number of Topliss-reactive ketones (excluding diaryl/α,β-unsaturated/α-hetero) is 3. The third-order valence-corrected chi connectivity index (χ3v) is 11.2. The van der Waals surface area contributed by atoms with Gasteiger partial charge in [-0.3, -0.25) is 19.3 Å². The van der Waals surface area contributed by atoms with Gasteiger partial charge in [0.05, 0.1) is 35.1 Å². The Morgan fingerprint density at radius 2 is 1.65 bits per heavy atom. The number of carbonyl (C=O) groups is 3. The number of likely N-dealkylation sites (N-methyl/N-ethyl adjacent to an activating group) is 1. The molecule has 1 N–H and O–H groups in total. The lowest BCUT2D eigenvalue weighted by Crippen LogP contribution is -2.64. The molecule has 3 aliphatic carbocycles. The van der Waals surface area contributed by atoms with Crippen molar-refractivity contribution in [3.8, 4) is 5.75 Å². The van der Waals surface area contributed by atoms with Crippen molar-refractivity contribution in [3.63, 3.8) is 0 Å². The number of hydrogen-bond donors (Lipinski definition) is 1. The fourth-order valence-corrected chi connectivity index (χ4v) is 8.60. The number of halogens is 1. The summed E-state index contributed by atoms with van der Waals surface area (Å²) in [6, 6.07) is 19.9. The normalized spacial score (nSPS) is 26.7. The van der Waals surface area contributed by atoms with Gasteiger partial charge in [-0.2, -0.15) is 0 Å². The molecule has 0 saturated heterocycles.